The molecule has 2 rings (SSSR count). The molecule has 0 saturated carbocycles. The van der Waals surface area contributed by atoms with E-state index in [4.69, 9.17) is 14.2 Å². The Kier molecular flexibility index (Phi) is 9.58. The SMILES string of the molecule is CC(C)(C)OC(=O)NS(=O)(=O)N[C@@H](CC(=O)OCc1ccccc1)C(=O)OCc1ccccc1. The van der Waals surface area contributed by atoms with E-state index in [1.165, 1.54) is 0 Å². The highest BCUT2D eigenvalue weighted by atomic mass is 32.2. The van der Waals surface area contributed by atoms with Gasteiger partial charge in [0.15, 0.2) is 0 Å². The molecule has 1 amide bonds. The summed E-state index contributed by atoms with van der Waals surface area (Å²) in [5.74, 6) is -1.86. The predicted octanol–water partition coefficient (Wildman–Crippen LogP) is 2.59. The van der Waals surface area contributed by atoms with Crippen LogP contribution >= 0.6 is 0 Å². The van der Waals surface area contributed by atoms with E-state index in [0.717, 1.165) is 0 Å². The lowest BCUT2D eigenvalue weighted by molar-refractivity contribution is -0.153. The van der Waals surface area contributed by atoms with Crippen LogP contribution in [0.4, 0.5) is 4.79 Å². The molecule has 0 saturated heterocycles. The maximum Gasteiger partial charge on any atom is 0.422 e. The highest BCUT2D eigenvalue weighted by Gasteiger charge is 2.31. The van der Waals surface area contributed by atoms with Crippen LogP contribution in [0.5, 0.6) is 0 Å². The molecular weight excluding hydrogens is 464 g/mol. The van der Waals surface area contributed by atoms with Gasteiger partial charge in [-0.1, -0.05) is 60.7 Å². The van der Waals surface area contributed by atoms with Gasteiger partial charge in [-0.3, -0.25) is 9.59 Å². The molecule has 2 aromatic carbocycles. The van der Waals surface area contributed by atoms with Crippen molar-refractivity contribution in [3.63, 3.8) is 0 Å². The van der Waals surface area contributed by atoms with Crippen LogP contribution < -0.4 is 9.44 Å². The normalized spacial score (nSPS) is 12.3. The van der Waals surface area contributed by atoms with Crippen LogP contribution in [0.1, 0.15) is 38.3 Å². The van der Waals surface area contributed by atoms with E-state index in [2.05, 4.69) is 0 Å². The summed E-state index contributed by atoms with van der Waals surface area (Å²) in [6.45, 7) is 4.46. The highest BCUT2D eigenvalue weighted by molar-refractivity contribution is 7.88. The number of rotatable bonds is 10. The van der Waals surface area contributed by atoms with Crippen LogP contribution in [0.2, 0.25) is 0 Å². The first-order valence-corrected chi connectivity index (χ1v) is 11.8. The van der Waals surface area contributed by atoms with Crippen LogP contribution in [-0.4, -0.2) is 38.1 Å². The first kappa shape index (κ1) is 26.8. The Morgan fingerprint density at radius 3 is 1.85 bits per heavy atom. The van der Waals surface area contributed by atoms with Crippen molar-refractivity contribution in [3.8, 4) is 0 Å². The van der Waals surface area contributed by atoms with Gasteiger partial charge in [-0.25, -0.2) is 9.52 Å². The van der Waals surface area contributed by atoms with E-state index in [1.54, 1.807) is 86.2 Å². The van der Waals surface area contributed by atoms with Gasteiger partial charge in [0.1, 0.15) is 24.9 Å². The van der Waals surface area contributed by atoms with Crippen molar-refractivity contribution in [1.29, 1.82) is 0 Å². The molecule has 1 atom stereocenters. The molecule has 0 heterocycles. The van der Waals surface area contributed by atoms with Gasteiger partial charge in [0.2, 0.25) is 0 Å². The van der Waals surface area contributed by atoms with E-state index >= 15 is 0 Å². The lowest BCUT2D eigenvalue weighted by Gasteiger charge is -2.21. The molecule has 0 aliphatic carbocycles. The molecule has 2 aromatic rings. The van der Waals surface area contributed by atoms with E-state index in [9.17, 15) is 22.8 Å². The van der Waals surface area contributed by atoms with Crippen LogP contribution in [0.15, 0.2) is 60.7 Å². The lowest BCUT2D eigenvalue weighted by atomic mass is 10.2. The molecule has 0 fully saturated rings. The largest absolute Gasteiger partial charge is 0.461 e. The van der Waals surface area contributed by atoms with Gasteiger partial charge in [0.25, 0.3) is 0 Å². The number of hydrogen-bond donors (Lipinski definition) is 2. The average molecular weight is 493 g/mol. The number of hydrogen-bond acceptors (Lipinski definition) is 8. The fraction of sp³-hybridized carbons (Fsp3) is 0.348. The lowest BCUT2D eigenvalue weighted by Crippen LogP contribution is -2.50. The topological polar surface area (TPSA) is 137 Å². The summed E-state index contributed by atoms with van der Waals surface area (Å²) in [5, 5.41) is 0. The molecule has 34 heavy (non-hydrogen) atoms. The maximum absolute atomic E-state index is 12.6. The minimum absolute atomic E-state index is 0.0611. The number of amides is 1. The summed E-state index contributed by atoms with van der Waals surface area (Å²) in [5.41, 5.74) is 0.428. The Morgan fingerprint density at radius 1 is 0.853 bits per heavy atom. The van der Waals surface area contributed by atoms with Gasteiger partial charge in [0.05, 0.1) is 6.42 Å². The van der Waals surface area contributed by atoms with Gasteiger partial charge < -0.3 is 14.2 Å². The summed E-state index contributed by atoms with van der Waals surface area (Å²) in [4.78, 5) is 36.8. The summed E-state index contributed by atoms with van der Waals surface area (Å²) < 4.78 is 43.6. The first-order valence-electron chi connectivity index (χ1n) is 10.4. The number of carbonyl (C=O) groups excluding carboxylic acids is 3. The Bertz CT molecular complexity index is 1070. The first-order chi connectivity index (χ1) is 15.9. The van der Waals surface area contributed by atoms with E-state index < -0.39 is 46.3 Å². The van der Waals surface area contributed by atoms with Crippen molar-refractivity contribution < 1.29 is 37.0 Å². The average Bonchev–Trinajstić information content (AvgIpc) is 2.75. The summed E-state index contributed by atoms with van der Waals surface area (Å²) in [6.07, 6.45) is -1.90. The molecule has 0 radical (unpaired) electrons. The Balaban J connectivity index is 2.06. The van der Waals surface area contributed by atoms with Gasteiger partial charge in [-0.2, -0.15) is 13.1 Å². The quantitative estimate of drug-likeness (QED) is 0.381. The maximum atomic E-state index is 12.6. The minimum atomic E-state index is -4.58. The highest BCUT2D eigenvalue weighted by Crippen LogP contribution is 2.09. The monoisotopic (exact) mass is 492 g/mol. The zero-order valence-corrected chi connectivity index (χ0v) is 20.0. The van der Waals surface area contributed by atoms with Crippen LogP contribution in [0.3, 0.4) is 0 Å². The molecule has 0 unspecified atom stereocenters. The van der Waals surface area contributed by atoms with Crippen molar-refractivity contribution in [2.45, 2.75) is 52.0 Å². The molecule has 0 spiro atoms. The predicted molar refractivity (Wildman–Crippen MR) is 122 cm³/mol. The third-order valence-corrected chi connectivity index (χ3v) is 5.07. The van der Waals surface area contributed by atoms with Crippen molar-refractivity contribution >= 4 is 28.2 Å². The smallest absolute Gasteiger partial charge is 0.422 e. The molecule has 0 bridgehead atoms. The molecule has 2 N–H and O–H groups in total. The van der Waals surface area contributed by atoms with Crippen molar-refractivity contribution in [2.75, 3.05) is 0 Å². The molecule has 10 nitrogen and oxygen atoms in total. The van der Waals surface area contributed by atoms with Crippen LogP contribution in [-0.2, 0) is 47.2 Å². The summed E-state index contributed by atoms with van der Waals surface area (Å²) in [7, 11) is -4.58. The van der Waals surface area contributed by atoms with E-state index in [-0.39, 0.29) is 13.2 Å². The summed E-state index contributed by atoms with van der Waals surface area (Å²) in [6, 6.07) is 15.9. The molecule has 11 heteroatoms. The standard InChI is InChI=1S/C23H28N2O8S/c1-23(2,3)33-22(28)25-34(29,30)24-19(21(27)32-16-18-12-8-5-9-13-18)14-20(26)31-15-17-10-6-4-7-11-17/h4-13,19,24H,14-16H2,1-3H3,(H,25,28)/t19-/m0/s1. The van der Waals surface area contributed by atoms with Gasteiger partial charge in [0, 0.05) is 0 Å². The fourth-order valence-corrected chi connectivity index (χ4v) is 3.47. The number of benzene rings is 2. The molecule has 184 valence electrons. The van der Waals surface area contributed by atoms with Gasteiger partial charge >= 0.3 is 28.2 Å². The summed E-state index contributed by atoms with van der Waals surface area (Å²) >= 11 is 0. The minimum Gasteiger partial charge on any atom is -0.461 e. The molecular formula is C23H28N2O8S. The third-order valence-electron chi connectivity index (χ3n) is 4.04. The Morgan fingerprint density at radius 2 is 1.35 bits per heavy atom. The van der Waals surface area contributed by atoms with Crippen LogP contribution in [0, 0.1) is 0 Å². The molecule has 0 aliphatic rings. The number of nitrogens with one attached hydrogen (secondary N) is 2. The second-order valence-electron chi connectivity index (χ2n) is 8.22. The Labute approximate surface area is 198 Å². The van der Waals surface area contributed by atoms with Gasteiger partial charge in [-0.15, -0.1) is 0 Å². The van der Waals surface area contributed by atoms with Crippen molar-refractivity contribution in [3.05, 3.63) is 71.8 Å². The molecule has 0 aliphatic heterocycles. The third kappa shape index (κ3) is 10.5. The van der Waals surface area contributed by atoms with E-state index in [1.807, 2.05) is 4.72 Å². The zero-order valence-electron chi connectivity index (χ0n) is 19.1. The van der Waals surface area contributed by atoms with Crippen molar-refractivity contribution in [2.24, 2.45) is 0 Å². The zero-order chi connectivity index (χ0) is 25.2. The molecule has 0 aromatic heterocycles. The van der Waals surface area contributed by atoms with E-state index in [0.29, 0.717) is 11.1 Å². The Hall–Kier alpha value is -3.44. The number of ether oxygens (including phenoxy) is 3. The second kappa shape index (κ2) is 12.1. The van der Waals surface area contributed by atoms with Crippen molar-refractivity contribution in [1.82, 2.24) is 9.44 Å². The van der Waals surface area contributed by atoms with Crippen LogP contribution in [0.25, 0.3) is 0 Å². The fourth-order valence-electron chi connectivity index (χ4n) is 2.59. The number of carbonyl (C=O) groups is 3. The number of esters is 2. The second-order valence-corrected chi connectivity index (χ2v) is 9.67. The van der Waals surface area contributed by atoms with Gasteiger partial charge in [-0.05, 0) is 31.9 Å².